The van der Waals surface area contributed by atoms with Crippen LogP contribution < -0.4 is 5.32 Å². The van der Waals surface area contributed by atoms with E-state index in [-0.39, 0.29) is 29.6 Å². The lowest BCUT2D eigenvalue weighted by Crippen LogP contribution is -2.39. The van der Waals surface area contributed by atoms with Crippen molar-refractivity contribution in [2.24, 2.45) is 11.3 Å². The van der Waals surface area contributed by atoms with Crippen molar-refractivity contribution >= 4 is 34.6 Å². The number of amides is 3. The molecule has 35 heavy (non-hydrogen) atoms. The summed E-state index contributed by atoms with van der Waals surface area (Å²) >= 11 is 6.03. The molecule has 9 heteroatoms. The number of nitrogens with zero attached hydrogens (tertiary/aromatic N) is 5. The molecule has 2 atom stereocenters. The number of hydrogen-bond acceptors (Lipinski definition) is 5. The van der Waals surface area contributed by atoms with Gasteiger partial charge in [0.15, 0.2) is 0 Å². The third-order valence-corrected chi connectivity index (χ3v) is 6.45. The van der Waals surface area contributed by atoms with Gasteiger partial charge in [-0.15, -0.1) is 0 Å². The SMILES string of the molecule is C[C@H](CCc1ccc(Cl)cc1)C(c1cc2cnc(C#N)nc2n1CC(C)(C)C)N1C(=O)CNC1=O. The van der Waals surface area contributed by atoms with Gasteiger partial charge in [-0.1, -0.05) is 51.4 Å². The molecule has 3 amide bonds. The highest BCUT2D eigenvalue weighted by Gasteiger charge is 2.40. The zero-order chi connectivity index (χ0) is 25.3. The summed E-state index contributed by atoms with van der Waals surface area (Å²) in [5.74, 6) is -0.223. The van der Waals surface area contributed by atoms with Gasteiger partial charge < -0.3 is 9.88 Å². The van der Waals surface area contributed by atoms with Gasteiger partial charge in [-0.05, 0) is 47.9 Å². The first kappa shape index (κ1) is 24.7. The molecule has 1 aliphatic rings. The average molecular weight is 493 g/mol. The van der Waals surface area contributed by atoms with Crippen molar-refractivity contribution in [2.75, 3.05) is 6.54 Å². The first-order valence-corrected chi connectivity index (χ1v) is 12.1. The second-order valence-corrected chi connectivity index (χ2v) is 10.7. The number of fused-ring (bicyclic) bond motifs is 1. The predicted molar refractivity (Wildman–Crippen MR) is 134 cm³/mol. The molecule has 1 fully saturated rings. The highest BCUT2D eigenvalue weighted by atomic mass is 35.5. The third-order valence-electron chi connectivity index (χ3n) is 6.20. The van der Waals surface area contributed by atoms with E-state index in [2.05, 4.69) is 43.0 Å². The second-order valence-electron chi connectivity index (χ2n) is 10.3. The van der Waals surface area contributed by atoms with E-state index in [1.807, 2.05) is 41.0 Å². The Balaban J connectivity index is 1.80. The number of urea groups is 1. The summed E-state index contributed by atoms with van der Waals surface area (Å²) in [7, 11) is 0. The molecule has 0 bridgehead atoms. The van der Waals surface area contributed by atoms with Crippen molar-refractivity contribution in [3.63, 3.8) is 0 Å². The molecule has 0 aliphatic carbocycles. The highest BCUT2D eigenvalue weighted by Crippen LogP contribution is 2.37. The molecule has 1 aliphatic heterocycles. The Hall–Kier alpha value is -3.44. The Morgan fingerprint density at radius 3 is 2.54 bits per heavy atom. The van der Waals surface area contributed by atoms with E-state index in [0.29, 0.717) is 17.2 Å². The van der Waals surface area contributed by atoms with Crippen LogP contribution in [0.1, 0.15) is 57.2 Å². The van der Waals surface area contributed by atoms with Gasteiger partial charge in [-0.25, -0.2) is 14.8 Å². The van der Waals surface area contributed by atoms with E-state index in [1.54, 1.807) is 6.20 Å². The lowest BCUT2D eigenvalue weighted by atomic mass is 9.90. The molecule has 3 aromatic rings. The van der Waals surface area contributed by atoms with E-state index in [1.165, 1.54) is 4.90 Å². The fourth-order valence-corrected chi connectivity index (χ4v) is 4.72. The topological polar surface area (TPSA) is 104 Å². The molecule has 8 nitrogen and oxygen atoms in total. The van der Waals surface area contributed by atoms with Crippen LogP contribution in [0.3, 0.4) is 0 Å². The number of nitriles is 1. The molecule has 1 saturated heterocycles. The summed E-state index contributed by atoms with van der Waals surface area (Å²) in [6, 6.07) is 10.8. The molecule has 0 spiro atoms. The number of imide groups is 1. The van der Waals surface area contributed by atoms with Gasteiger partial charge in [0.2, 0.25) is 5.82 Å². The zero-order valence-electron chi connectivity index (χ0n) is 20.4. The van der Waals surface area contributed by atoms with E-state index in [4.69, 9.17) is 11.6 Å². The van der Waals surface area contributed by atoms with Crippen molar-refractivity contribution in [3.05, 3.63) is 58.6 Å². The monoisotopic (exact) mass is 492 g/mol. The lowest BCUT2D eigenvalue weighted by molar-refractivity contribution is -0.127. The Kier molecular flexibility index (Phi) is 6.82. The summed E-state index contributed by atoms with van der Waals surface area (Å²) in [6.07, 6.45) is 3.15. The van der Waals surface area contributed by atoms with Crippen LogP contribution in [-0.2, 0) is 17.8 Å². The number of nitrogens with one attached hydrogen (secondary N) is 1. The smallest absolute Gasteiger partial charge is 0.325 e. The molecular formula is C26H29ClN6O2. The summed E-state index contributed by atoms with van der Waals surface area (Å²) in [6.45, 7) is 8.98. The molecule has 1 N–H and O–H groups in total. The van der Waals surface area contributed by atoms with Crippen LogP contribution in [0.4, 0.5) is 4.79 Å². The first-order chi connectivity index (χ1) is 16.6. The van der Waals surface area contributed by atoms with Gasteiger partial charge in [0.25, 0.3) is 5.91 Å². The first-order valence-electron chi connectivity index (χ1n) is 11.7. The van der Waals surface area contributed by atoms with Crippen LogP contribution in [0.5, 0.6) is 0 Å². The molecular weight excluding hydrogens is 464 g/mol. The number of aryl methyl sites for hydroxylation is 1. The van der Waals surface area contributed by atoms with Crippen molar-refractivity contribution < 1.29 is 9.59 Å². The van der Waals surface area contributed by atoms with Crippen LogP contribution in [0.2, 0.25) is 5.02 Å². The Bertz CT molecular complexity index is 1290. The van der Waals surface area contributed by atoms with Crippen molar-refractivity contribution in [1.29, 1.82) is 5.26 Å². The van der Waals surface area contributed by atoms with Gasteiger partial charge in [0.1, 0.15) is 11.7 Å². The number of hydrogen-bond donors (Lipinski definition) is 1. The van der Waals surface area contributed by atoms with Gasteiger partial charge in [-0.3, -0.25) is 9.69 Å². The zero-order valence-corrected chi connectivity index (χ0v) is 21.1. The normalized spacial score (nSPS) is 15.8. The van der Waals surface area contributed by atoms with Crippen LogP contribution in [0.25, 0.3) is 11.0 Å². The number of rotatable bonds is 7. The van der Waals surface area contributed by atoms with Crippen LogP contribution in [0.15, 0.2) is 36.5 Å². The second kappa shape index (κ2) is 9.67. The predicted octanol–water partition coefficient (Wildman–Crippen LogP) is 4.86. The molecule has 1 aromatic carbocycles. The fourth-order valence-electron chi connectivity index (χ4n) is 4.60. The maximum atomic E-state index is 12.9. The van der Waals surface area contributed by atoms with Crippen LogP contribution in [0, 0.1) is 22.7 Å². The molecule has 0 saturated carbocycles. The Morgan fingerprint density at radius 2 is 1.94 bits per heavy atom. The van der Waals surface area contributed by atoms with Crippen molar-refractivity contribution in [1.82, 2.24) is 24.8 Å². The number of halogens is 1. The standard InChI is InChI=1S/C26H29ClN6O2/c1-16(5-6-17-7-9-19(27)10-8-17)23(33-22(34)14-30-25(33)35)20-11-18-13-29-21(12-28)31-24(18)32(20)15-26(2,3)4/h7-11,13,16,23H,5-6,14-15H2,1-4H3,(H,30,35)/t16-,23?/m1/s1. The van der Waals surface area contributed by atoms with Gasteiger partial charge >= 0.3 is 6.03 Å². The Morgan fingerprint density at radius 1 is 1.23 bits per heavy atom. The quantitative estimate of drug-likeness (QED) is 0.474. The van der Waals surface area contributed by atoms with Gasteiger partial charge in [0.05, 0.1) is 12.6 Å². The average Bonchev–Trinajstić information content (AvgIpc) is 3.32. The fraction of sp³-hybridized carbons (Fsp3) is 0.423. The molecule has 3 heterocycles. The van der Waals surface area contributed by atoms with Crippen molar-refractivity contribution in [3.8, 4) is 6.07 Å². The van der Waals surface area contributed by atoms with E-state index >= 15 is 0 Å². The lowest BCUT2D eigenvalue weighted by Gasteiger charge is -2.33. The molecule has 0 radical (unpaired) electrons. The summed E-state index contributed by atoms with van der Waals surface area (Å²) in [4.78, 5) is 35.7. The molecule has 182 valence electrons. The summed E-state index contributed by atoms with van der Waals surface area (Å²) in [5, 5.41) is 13.5. The maximum absolute atomic E-state index is 12.9. The van der Waals surface area contributed by atoms with E-state index < -0.39 is 12.1 Å². The van der Waals surface area contributed by atoms with Crippen LogP contribution in [-0.4, -0.2) is 37.9 Å². The van der Waals surface area contributed by atoms with Crippen LogP contribution >= 0.6 is 11.6 Å². The largest absolute Gasteiger partial charge is 0.329 e. The minimum Gasteiger partial charge on any atom is -0.329 e. The number of aromatic nitrogens is 3. The molecule has 4 rings (SSSR count). The van der Waals surface area contributed by atoms with Gasteiger partial charge in [-0.2, -0.15) is 5.26 Å². The summed E-state index contributed by atoms with van der Waals surface area (Å²) < 4.78 is 2.04. The van der Waals surface area contributed by atoms with E-state index in [9.17, 15) is 14.9 Å². The molecule has 2 aromatic heterocycles. The molecule has 1 unspecified atom stereocenters. The van der Waals surface area contributed by atoms with E-state index in [0.717, 1.165) is 29.5 Å². The van der Waals surface area contributed by atoms with Gasteiger partial charge in [0, 0.05) is 28.8 Å². The van der Waals surface area contributed by atoms with Crippen molar-refractivity contribution in [2.45, 2.75) is 53.1 Å². The minimum atomic E-state index is -0.501. The summed E-state index contributed by atoms with van der Waals surface area (Å²) in [5.41, 5.74) is 2.46. The number of carbonyl (C=O) groups is 2. The Labute approximate surface area is 209 Å². The number of benzene rings is 1. The maximum Gasteiger partial charge on any atom is 0.325 e. The number of carbonyl (C=O) groups excluding carboxylic acids is 2. The highest BCUT2D eigenvalue weighted by molar-refractivity contribution is 6.30. The third kappa shape index (κ3) is 5.30. The minimum absolute atomic E-state index is 0.0167.